The van der Waals surface area contributed by atoms with Crippen molar-refractivity contribution in [3.63, 3.8) is 0 Å². The molecular weight excluding hydrogens is 423 g/mol. The molecule has 2 aliphatic rings. The second kappa shape index (κ2) is 8.09. The van der Waals surface area contributed by atoms with Crippen LogP contribution in [0.15, 0.2) is 18.2 Å². The minimum absolute atomic E-state index is 0.0580. The Morgan fingerprint density at radius 2 is 1.93 bits per heavy atom. The van der Waals surface area contributed by atoms with Crippen molar-refractivity contribution in [1.82, 2.24) is 19.0 Å². The molecule has 30 heavy (non-hydrogen) atoms. The van der Waals surface area contributed by atoms with E-state index in [0.717, 1.165) is 23.9 Å². The van der Waals surface area contributed by atoms with Crippen LogP contribution in [0.5, 0.6) is 5.75 Å². The van der Waals surface area contributed by atoms with E-state index in [1.807, 2.05) is 0 Å². The van der Waals surface area contributed by atoms with Crippen LogP contribution in [0.25, 0.3) is 0 Å². The van der Waals surface area contributed by atoms with Gasteiger partial charge in [-0.2, -0.15) is 8.75 Å². The van der Waals surface area contributed by atoms with Gasteiger partial charge in [0.15, 0.2) is 23.1 Å². The van der Waals surface area contributed by atoms with Crippen molar-refractivity contribution in [2.75, 3.05) is 31.1 Å². The molecule has 2 fully saturated rings. The molecule has 0 bridgehead atoms. The zero-order valence-electron chi connectivity index (χ0n) is 15.8. The number of carbonyl (C=O) groups is 2. The summed E-state index contributed by atoms with van der Waals surface area (Å²) >= 11 is 0.852. The Hall–Kier alpha value is -2.89. The van der Waals surface area contributed by atoms with E-state index >= 15 is 0 Å². The fraction of sp³-hybridized carbons (Fsp3) is 0.444. The van der Waals surface area contributed by atoms with Gasteiger partial charge in [0.05, 0.1) is 37.4 Å². The minimum Gasteiger partial charge on any atom is -0.487 e. The molecule has 0 saturated carbocycles. The minimum atomic E-state index is -1.36. The molecule has 1 aromatic carbocycles. The lowest BCUT2D eigenvalue weighted by Crippen LogP contribution is -2.54. The van der Waals surface area contributed by atoms with E-state index < -0.39 is 29.8 Å². The van der Waals surface area contributed by atoms with E-state index in [4.69, 9.17) is 4.74 Å². The molecule has 3 heterocycles. The van der Waals surface area contributed by atoms with Gasteiger partial charge in [0.1, 0.15) is 18.0 Å². The van der Waals surface area contributed by atoms with Crippen LogP contribution in [0.2, 0.25) is 0 Å². The van der Waals surface area contributed by atoms with Crippen molar-refractivity contribution in [3.05, 3.63) is 35.5 Å². The van der Waals surface area contributed by atoms with E-state index in [1.54, 1.807) is 4.90 Å². The molecule has 12 heteroatoms. The number of halogens is 3. The second-order valence-electron chi connectivity index (χ2n) is 7.18. The highest BCUT2D eigenvalue weighted by atomic mass is 32.1. The molecule has 2 saturated heterocycles. The third kappa shape index (κ3) is 4.04. The number of nitrogens with zero attached hydrogens (tertiary/aromatic N) is 4. The predicted molar refractivity (Wildman–Crippen MR) is 101 cm³/mol. The van der Waals surface area contributed by atoms with E-state index in [0.29, 0.717) is 18.9 Å². The first-order valence-corrected chi connectivity index (χ1v) is 9.94. The van der Waals surface area contributed by atoms with Crippen molar-refractivity contribution < 1.29 is 27.5 Å². The van der Waals surface area contributed by atoms with Gasteiger partial charge in [-0.1, -0.05) is 0 Å². The number of benzene rings is 1. The van der Waals surface area contributed by atoms with Gasteiger partial charge in [-0.05, 0) is 12.1 Å². The molecule has 4 rings (SSSR count). The average Bonchev–Trinajstić information content (AvgIpc) is 3.28. The van der Waals surface area contributed by atoms with E-state index in [9.17, 15) is 22.8 Å². The predicted octanol–water partition coefficient (Wildman–Crippen LogP) is 1.38. The Bertz CT molecular complexity index is 968. The fourth-order valence-corrected chi connectivity index (χ4v) is 3.92. The molecule has 160 valence electrons. The summed E-state index contributed by atoms with van der Waals surface area (Å²) in [7, 11) is 0. The number of anilines is 1. The summed E-state index contributed by atoms with van der Waals surface area (Å²) in [6.07, 6.45) is -1.65. The van der Waals surface area contributed by atoms with Crippen LogP contribution in [0.4, 0.5) is 19.0 Å². The lowest BCUT2D eigenvalue weighted by molar-refractivity contribution is -0.128. The fourth-order valence-electron chi connectivity index (χ4n) is 3.36. The molecule has 1 N–H and O–H groups in total. The van der Waals surface area contributed by atoms with Crippen LogP contribution in [-0.4, -0.2) is 70.0 Å². The number of hydrogen-bond acceptors (Lipinski definition) is 7. The summed E-state index contributed by atoms with van der Waals surface area (Å²) in [5.41, 5.74) is 0.0692. The van der Waals surface area contributed by atoms with E-state index in [-0.39, 0.29) is 36.5 Å². The standard InChI is InChI=1S/C18H18F3N5O3S/c1-9(27)25-7-14(21)15(8-25)22-18(28)16-17(24-30-23-16)26-5-11(6-26)29-10-2-3-12(19)13(20)4-10/h2-4,11,14-15H,5-8H2,1H3,(H,22,28). The van der Waals surface area contributed by atoms with Gasteiger partial charge < -0.3 is 19.9 Å². The Morgan fingerprint density at radius 1 is 1.17 bits per heavy atom. The summed E-state index contributed by atoms with van der Waals surface area (Å²) in [5.74, 6) is -2.21. The number of amides is 2. The summed E-state index contributed by atoms with van der Waals surface area (Å²) < 4.78 is 54.1. The molecule has 2 unspecified atom stereocenters. The summed E-state index contributed by atoms with van der Waals surface area (Å²) in [6, 6.07) is 2.49. The highest BCUT2D eigenvalue weighted by Gasteiger charge is 2.38. The molecule has 8 nitrogen and oxygen atoms in total. The van der Waals surface area contributed by atoms with Gasteiger partial charge in [0.25, 0.3) is 5.91 Å². The van der Waals surface area contributed by atoms with Gasteiger partial charge in [-0.25, -0.2) is 13.2 Å². The van der Waals surface area contributed by atoms with Gasteiger partial charge in [0.2, 0.25) is 5.91 Å². The number of nitrogens with one attached hydrogen (secondary N) is 1. The number of aromatic nitrogens is 2. The molecule has 2 atom stereocenters. The molecule has 0 radical (unpaired) electrons. The van der Waals surface area contributed by atoms with Crippen LogP contribution in [-0.2, 0) is 4.79 Å². The largest absolute Gasteiger partial charge is 0.487 e. The first-order valence-electron chi connectivity index (χ1n) is 9.21. The molecule has 2 aliphatic heterocycles. The maximum Gasteiger partial charge on any atom is 0.275 e. The Kier molecular flexibility index (Phi) is 5.50. The van der Waals surface area contributed by atoms with Crippen LogP contribution in [0, 0.1) is 11.6 Å². The van der Waals surface area contributed by atoms with Crippen LogP contribution in [0.1, 0.15) is 17.4 Å². The number of rotatable bonds is 5. The van der Waals surface area contributed by atoms with Crippen molar-refractivity contribution in [2.45, 2.75) is 25.2 Å². The lowest BCUT2D eigenvalue weighted by Gasteiger charge is -2.39. The monoisotopic (exact) mass is 441 g/mol. The Morgan fingerprint density at radius 3 is 2.60 bits per heavy atom. The average molecular weight is 441 g/mol. The van der Waals surface area contributed by atoms with Gasteiger partial charge in [0, 0.05) is 19.5 Å². The van der Waals surface area contributed by atoms with Crippen molar-refractivity contribution >= 4 is 29.4 Å². The maximum atomic E-state index is 14.1. The molecule has 0 spiro atoms. The highest BCUT2D eigenvalue weighted by molar-refractivity contribution is 6.99. The molecule has 2 amide bonds. The van der Waals surface area contributed by atoms with Gasteiger partial charge in [-0.15, -0.1) is 0 Å². The molecule has 2 aromatic rings. The third-order valence-electron chi connectivity index (χ3n) is 5.04. The summed E-state index contributed by atoms with van der Waals surface area (Å²) in [5, 5.41) is 2.58. The second-order valence-corrected chi connectivity index (χ2v) is 7.71. The van der Waals surface area contributed by atoms with E-state index in [2.05, 4.69) is 14.1 Å². The molecule has 1 aromatic heterocycles. The lowest BCUT2D eigenvalue weighted by atomic mass is 10.1. The normalized spacial score (nSPS) is 21.5. The summed E-state index contributed by atoms with van der Waals surface area (Å²) in [6.45, 7) is 2.14. The van der Waals surface area contributed by atoms with Crippen LogP contribution < -0.4 is 15.0 Å². The SMILES string of the molecule is CC(=O)N1CC(F)C(NC(=O)c2nsnc2N2CC(Oc3ccc(F)c(F)c3)C2)C1. The number of alkyl halides is 1. The quantitative estimate of drug-likeness (QED) is 0.755. The Balaban J connectivity index is 1.34. The van der Waals surface area contributed by atoms with Gasteiger partial charge >= 0.3 is 0 Å². The number of ether oxygens (including phenoxy) is 1. The van der Waals surface area contributed by atoms with Crippen LogP contribution in [0.3, 0.4) is 0 Å². The number of carbonyl (C=O) groups excluding carboxylic acids is 2. The highest BCUT2D eigenvalue weighted by Crippen LogP contribution is 2.27. The van der Waals surface area contributed by atoms with E-state index in [1.165, 1.54) is 17.9 Å². The number of likely N-dealkylation sites (tertiary alicyclic amines) is 1. The van der Waals surface area contributed by atoms with Crippen molar-refractivity contribution in [3.8, 4) is 5.75 Å². The maximum absolute atomic E-state index is 14.1. The Labute approximate surface area is 173 Å². The topological polar surface area (TPSA) is 87.7 Å². The van der Waals surface area contributed by atoms with Crippen LogP contribution >= 0.6 is 11.7 Å². The third-order valence-corrected chi connectivity index (χ3v) is 5.56. The zero-order chi connectivity index (χ0) is 21.4. The smallest absolute Gasteiger partial charge is 0.275 e. The van der Waals surface area contributed by atoms with Crippen molar-refractivity contribution in [2.24, 2.45) is 0 Å². The van der Waals surface area contributed by atoms with Crippen molar-refractivity contribution in [1.29, 1.82) is 0 Å². The molecular formula is C18H18F3N5O3S. The number of hydrogen-bond donors (Lipinski definition) is 1. The summed E-state index contributed by atoms with van der Waals surface area (Å²) in [4.78, 5) is 27.1. The van der Waals surface area contributed by atoms with Gasteiger partial charge in [-0.3, -0.25) is 9.59 Å². The molecule has 0 aliphatic carbocycles. The first kappa shape index (κ1) is 20.4. The zero-order valence-corrected chi connectivity index (χ0v) is 16.7. The first-order chi connectivity index (χ1) is 14.3.